The van der Waals surface area contributed by atoms with Crippen molar-refractivity contribution in [2.24, 2.45) is 0 Å². The van der Waals surface area contributed by atoms with Gasteiger partial charge in [-0.1, -0.05) is 0 Å². The molecule has 0 nitrogen and oxygen atoms in total. The number of hydrogen-bond donors (Lipinski definition) is 0. The molecule has 0 aliphatic rings. The second kappa shape index (κ2) is 12.5. The van der Waals surface area contributed by atoms with Gasteiger partial charge in [0.05, 0.1) is 0 Å². The van der Waals surface area contributed by atoms with Crippen molar-refractivity contribution in [3.8, 4) is 0 Å². The molecule has 4 heteroatoms. The van der Waals surface area contributed by atoms with E-state index in [9.17, 15) is 0 Å². The summed E-state index contributed by atoms with van der Waals surface area (Å²) in [5.41, 5.74) is -5.23. The monoisotopic (exact) mass is 711 g/mol. The summed E-state index contributed by atoms with van der Waals surface area (Å²) in [5.74, 6) is 0. The van der Waals surface area contributed by atoms with Crippen LogP contribution < -0.4 is 31.8 Å². The standard InChI is InChI=1S/2C18H15P.BrH.Pd/c2*1-4-10-16(11-5-1)19(17-12-6-2-7-13-17)18-14-8-3-9-15-18;;/h2*1-15H;1H;/q;;;-1/p+1. The van der Waals surface area contributed by atoms with Crippen molar-refractivity contribution in [1.82, 2.24) is 0 Å². The molecule has 0 aliphatic heterocycles. The van der Waals surface area contributed by atoms with Gasteiger partial charge < -0.3 is 0 Å². The topological polar surface area (TPSA) is 0 Å². The van der Waals surface area contributed by atoms with Gasteiger partial charge in [-0.05, 0) is 0 Å². The molecule has 0 aliphatic carbocycles. The van der Waals surface area contributed by atoms with E-state index in [1.165, 1.54) is 31.8 Å². The van der Waals surface area contributed by atoms with Crippen molar-refractivity contribution in [2.75, 3.05) is 0 Å². The fraction of sp³-hybridized carbons (Fsp3) is 0. The van der Waals surface area contributed by atoms with E-state index in [1.807, 2.05) is 0 Å². The third-order valence-electron chi connectivity index (χ3n) is 7.34. The molecular formula is C36H32BrP2Pd. The van der Waals surface area contributed by atoms with E-state index in [1.54, 1.807) is 0 Å². The van der Waals surface area contributed by atoms with Gasteiger partial charge in [0, 0.05) is 0 Å². The van der Waals surface area contributed by atoms with E-state index in [0.29, 0.717) is 0 Å². The Bertz CT molecular complexity index is 1310. The van der Waals surface area contributed by atoms with E-state index >= 15 is 0 Å². The number of rotatable bonds is 8. The molecule has 0 amide bonds. The Hall–Kier alpha value is -2.68. The first kappa shape index (κ1) is 27.5. The molecule has 0 radical (unpaired) electrons. The van der Waals surface area contributed by atoms with Gasteiger partial charge in [-0.3, -0.25) is 0 Å². The molecule has 0 unspecified atom stereocenters. The Morgan fingerprint density at radius 2 is 0.425 bits per heavy atom. The normalized spacial score (nSPS) is 12.9. The van der Waals surface area contributed by atoms with Crippen LogP contribution in [-0.4, -0.2) is 0 Å². The maximum absolute atomic E-state index is 4.79. The van der Waals surface area contributed by atoms with Gasteiger partial charge >= 0.3 is 252 Å². The Morgan fingerprint density at radius 1 is 0.275 bits per heavy atom. The molecule has 40 heavy (non-hydrogen) atoms. The summed E-state index contributed by atoms with van der Waals surface area (Å²) in [7, 11) is 0. The van der Waals surface area contributed by atoms with Crippen molar-refractivity contribution >= 4 is 56.2 Å². The number of hydrogen-bond acceptors (Lipinski definition) is 0. The minimum atomic E-state index is -2.62. The van der Waals surface area contributed by atoms with E-state index < -0.39 is 24.7 Å². The predicted molar refractivity (Wildman–Crippen MR) is 182 cm³/mol. The fourth-order valence-electron chi connectivity index (χ4n) is 5.60. The number of benzene rings is 6. The zero-order valence-electron chi connectivity index (χ0n) is 22.0. The molecule has 6 rings (SSSR count). The van der Waals surface area contributed by atoms with E-state index in [2.05, 4.69) is 182 Å². The number of halogens is 1. The average molecular weight is 713 g/mol. The second-order valence-corrected chi connectivity index (χ2v) is 37.6. The Labute approximate surface area is 250 Å². The summed E-state index contributed by atoms with van der Waals surface area (Å²) in [6, 6.07) is 68.3. The summed E-state index contributed by atoms with van der Waals surface area (Å²) >= 11 is 3.15. The molecule has 0 saturated heterocycles. The molecule has 0 bridgehead atoms. The molecule has 6 aromatic rings. The predicted octanol–water partition coefficient (Wildman–Crippen LogP) is 7.20. The molecular weight excluding hydrogens is 681 g/mol. The Morgan fingerprint density at radius 3 is 0.575 bits per heavy atom. The molecule has 0 aromatic heterocycles. The van der Waals surface area contributed by atoms with Crippen LogP contribution in [-0.2, 0) is 13.7 Å². The first-order chi connectivity index (χ1) is 19.8. The van der Waals surface area contributed by atoms with Crippen molar-refractivity contribution in [2.45, 2.75) is 0 Å². The SMILES string of the molecule is [Br][Pd]([PH](c1ccccc1)(c1ccccc1)c1ccccc1)[PH](c1ccccc1)(c1ccccc1)c1ccccc1. The van der Waals surface area contributed by atoms with Crippen LogP contribution in [0.5, 0.6) is 0 Å². The van der Waals surface area contributed by atoms with Crippen LogP contribution in [0.2, 0.25) is 0 Å². The molecule has 203 valence electrons. The Kier molecular flexibility index (Phi) is 8.56. The zero-order valence-corrected chi connectivity index (χ0v) is 27.2. The summed E-state index contributed by atoms with van der Waals surface area (Å²) in [6.45, 7) is 0. The first-order valence-corrected chi connectivity index (χ1v) is 25.3. The van der Waals surface area contributed by atoms with Gasteiger partial charge in [0.15, 0.2) is 0 Å². The molecule has 0 fully saturated rings. The van der Waals surface area contributed by atoms with Crippen molar-refractivity contribution < 1.29 is 13.7 Å². The van der Waals surface area contributed by atoms with E-state index in [4.69, 9.17) is 13.4 Å². The van der Waals surface area contributed by atoms with Crippen molar-refractivity contribution in [3.63, 3.8) is 0 Å². The summed E-state index contributed by atoms with van der Waals surface area (Å²) in [5, 5.41) is 8.78. The summed E-state index contributed by atoms with van der Waals surface area (Å²) < 4.78 is 0. The average Bonchev–Trinajstić information content (AvgIpc) is 3.05. The van der Waals surface area contributed by atoms with E-state index in [-0.39, 0.29) is 0 Å². The molecule has 0 saturated carbocycles. The molecule has 6 aromatic carbocycles. The van der Waals surface area contributed by atoms with Crippen LogP contribution in [0.15, 0.2) is 182 Å². The van der Waals surface area contributed by atoms with Gasteiger partial charge in [-0.15, -0.1) is 0 Å². The van der Waals surface area contributed by atoms with Crippen LogP contribution >= 0.6 is 24.3 Å². The third kappa shape index (κ3) is 4.78. The van der Waals surface area contributed by atoms with Gasteiger partial charge in [-0.25, -0.2) is 0 Å². The van der Waals surface area contributed by atoms with Gasteiger partial charge in [0.25, 0.3) is 0 Å². The summed E-state index contributed by atoms with van der Waals surface area (Å²) in [4.78, 5) is 0. The summed E-state index contributed by atoms with van der Waals surface area (Å²) in [6.07, 6.45) is 0. The second-order valence-electron chi connectivity index (χ2n) is 9.62. The van der Waals surface area contributed by atoms with Crippen molar-refractivity contribution in [3.05, 3.63) is 182 Å². The first-order valence-electron chi connectivity index (χ1n) is 13.4. The Balaban J connectivity index is 1.81. The quantitative estimate of drug-likeness (QED) is 0.116. The van der Waals surface area contributed by atoms with Crippen LogP contribution in [0.3, 0.4) is 0 Å². The van der Waals surface area contributed by atoms with Crippen LogP contribution in [0, 0.1) is 0 Å². The van der Waals surface area contributed by atoms with Gasteiger partial charge in [-0.2, -0.15) is 0 Å². The molecule has 0 N–H and O–H groups in total. The minimum absolute atomic E-state index is 1.46. The van der Waals surface area contributed by atoms with Gasteiger partial charge in [0.1, 0.15) is 0 Å². The van der Waals surface area contributed by atoms with E-state index in [0.717, 1.165) is 0 Å². The van der Waals surface area contributed by atoms with Gasteiger partial charge in [0.2, 0.25) is 0 Å². The molecule has 0 spiro atoms. The maximum atomic E-state index is 4.79. The zero-order chi connectivity index (χ0) is 27.3. The van der Waals surface area contributed by atoms with Crippen LogP contribution in [0.1, 0.15) is 0 Å². The van der Waals surface area contributed by atoms with Crippen molar-refractivity contribution in [1.29, 1.82) is 0 Å². The molecule has 0 atom stereocenters. The van der Waals surface area contributed by atoms with Crippen LogP contribution in [0.25, 0.3) is 0 Å². The third-order valence-corrected chi connectivity index (χ3v) is 50.7. The fourth-order valence-corrected chi connectivity index (χ4v) is 58.5. The molecule has 0 heterocycles. The van der Waals surface area contributed by atoms with Crippen LogP contribution in [0.4, 0.5) is 0 Å².